The van der Waals surface area contributed by atoms with E-state index in [4.69, 9.17) is 14.6 Å². The number of hydrogen-bond donors (Lipinski definition) is 1. The summed E-state index contributed by atoms with van der Waals surface area (Å²) in [6.45, 7) is 3.05. The number of ether oxygens (including phenoxy) is 1. The van der Waals surface area contributed by atoms with Crippen LogP contribution >= 0.6 is 0 Å². The Morgan fingerprint density at radius 1 is 1.32 bits per heavy atom. The Bertz CT molecular complexity index is 676. The van der Waals surface area contributed by atoms with E-state index in [1.165, 1.54) is 25.1 Å². The van der Waals surface area contributed by atoms with Crippen molar-refractivity contribution < 1.29 is 14.6 Å². The van der Waals surface area contributed by atoms with Gasteiger partial charge in [-0.2, -0.15) is 0 Å². The second kappa shape index (κ2) is 8.11. The molecule has 0 bridgehead atoms. The molecule has 7 heteroatoms. The van der Waals surface area contributed by atoms with Crippen molar-refractivity contribution in [2.45, 2.75) is 25.5 Å². The molecule has 7 nitrogen and oxygen atoms in total. The van der Waals surface area contributed by atoms with Gasteiger partial charge in [-0.3, -0.25) is 14.7 Å². The quantitative estimate of drug-likeness (QED) is 0.852. The number of aryl methyl sites for hydroxylation is 1. The number of likely N-dealkylation sites (tertiary alicyclic amines) is 1. The van der Waals surface area contributed by atoms with Gasteiger partial charge in [-0.1, -0.05) is 0 Å². The van der Waals surface area contributed by atoms with Gasteiger partial charge >= 0.3 is 0 Å². The molecule has 25 heavy (non-hydrogen) atoms. The zero-order valence-electron chi connectivity index (χ0n) is 14.4. The van der Waals surface area contributed by atoms with Crippen LogP contribution in [0.25, 0.3) is 0 Å². The molecule has 1 saturated carbocycles. The summed E-state index contributed by atoms with van der Waals surface area (Å²) in [6, 6.07) is 3.94. The molecule has 0 spiro atoms. The van der Waals surface area contributed by atoms with E-state index in [1.54, 1.807) is 6.20 Å². The summed E-state index contributed by atoms with van der Waals surface area (Å²) in [5.74, 6) is 2.32. The first-order valence-corrected chi connectivity index (χ1v) is 8.53. The molecule has 4 rings (SSSR count). The first-order valence-electron chi connectivity index (χ1n) is 8.53. The molecule has 2 fully saturated rings. The van der Waals surface area contributed by atoms with E-state index >= 15 is 0 Å². The van der Waals surface area contributed by atoms with Gasteiger partial charge in [0.2, 0.25) is 0 Å². The third-order valence-corrected chi connectivity index (χ3v) is 5.09. The predicted octanol–water partition coefficient (Wildman–Crippen LogP) is 1.81. The van der Waals surface area contributed by atoms with Gasteiger partial charge in [-0.25, -0.2) is 4.98 Å². The fourth-order valence-corrected chi connectivity index (χ4v) is 3.94. The molecule has 1 N–H and O–H groups in total. The number of nitrogens with zero attached hydrogens (tertiary/aromatic N) is 4. The van der Waals surface area contributed by atoms with Crippen LogP contribution in [0.5, 0.6) is 5.75 Å². The highest BCUT2D eigenvalue weighted by atomic mass is 16.5. The van der Waals surface area contributed by atoms with Crippen molar-refractivity contribution in [3.8, 4) is 5.75 Å². The number of fused-ring (bicyclic) bond motifs is 1. The molecular formula is C18H24N4O3. The van der Waals surface area contributed by atoms with Crippen LogP contribution in [0, 0.1) is 11.8 Å². The lowest BCUT2D eigenvalue weighted by molar-refractivity contribution is -0.122. The van der Waals surface area contributed by atoms with E-state index in [1.807, 2.05) is 30.9 Å². The van der Waals surface area contributed by atoms with Crippen LogP contribution in [0.15, 0.2) is 37.1 Å². The fraction of sp³-hybridized carbons (Fsp3) is 0.500. The summed E-state index contributed by atoms with van der Waals surface area (Å²) in [5, 5.41) is 6.89. The maximum Gasteiger partial charge on any atom is 0.290 e. The van der Waals surface area contributed by atoms with E-state index in [-0.39, 0.29) is 6.47 Å². The summed E-state index contributed by atoms with van der Waals surface area (Å²) in [5.41, 5.74) is 1.28. The number of carbonyl (C=O) groups is 1. The maximum atomic E-state index is 8.36. The van der Waals surface area contributed by atoms with Crippen LogP contribution in [0.1, 0.15) is 18.5 Å². The third kappa shape index (κ3) is 4.17. The Balaban J connectivity index is 0.000000569. The van der Waals surface area contributed by atoms with E-state index < -0.39 is 0 Å². The highest BCUT2D eigenvalue weighted by molar-refractivity contribution is 5.32. The van der Waals surface area contributed by atoms with Gasteiger partial charge in [0.15, 0.2) is 0 Å². The van der Waals surface area contributed by atoms with Gasteiger partial charge in [-0.05, 0) is 30.9 Å². The van der Waals surface area contributed by atoms with Crippen molar-refractivity contribution >= 4 is 6.47 Å². The van der Waals surface area contributed by atoms with E-state index in [9.17, 15) is 0 Å². The second-order valence-electron chi connectivity index (χ2n) is 6.64. The first kappa shape index (κ1) is 17.4. The van der Waals surface area contributed by atoms with Crippen LogP contribution in [0.3, 0.4) is 0 Å². The smallest absolute Gasteiger partial charge is 0.290 e. The van der Waals surface area contributed by atoms with Crippen LogP contribution in [-0.2, 0) is 18.4 Å². The van der Waals surface area contributed by atoms with E-state index in [2.05, 4.69) is 26.5 Å². The molecule has 3 atom stereocenters. The SMILES string of the molecule is Cn1cncc1CN1C[C@H]2CC[C@@H](Oc3cccnc3)[C@H]2C1.O=CO. The molecule has 0 radical (unpaired) electrons. The molecule has 0 aromatic carbocycles. The molecule has 0 amide bonds. The summed E-state index contributed by atoms with van der Waals surface area (Å²) in [7, 11) is 2.06. The number of aromatic nitrogens is 3. The number of carboxylic acid groups (broad SMARTS) is 1. The van der Waals surface area contributed by atoms with Gasteiger partial charge < -0.3 is 14.4 Å². The highest BCUT2D eigenvalue weighted by Gasteiger charge is 2.43. The minimum atomic E-state index is -0.250. The van der Waals surface area contributed by atoms with Crippen LogP contribution in [0.2, 0.25) is 0 Å². The lowest BCUT2D eigenvalue weighted by Gasteiger charge is -2.21. The molecule has 1 aliphatic heterocycles. The van der Waals surface area contributed by atoms with Crippen LogP contribution < -0.4 is 4.74 Å². The molecule has 2 aliphatic rings. The topological polar surface area (TPSA) is 80.5 Å². The molecule has 3 heterocycles. The second-order valence-corrected chi connectivity index (χ2v) is 6.64. The maximum absolute atomic E-state index is 8.36. The number of rotatable bonds is 4. The Morgan fingerprint density at radius 2 is 2.16 bits per heavy atom. The van der Waals surface area contributed by atoms with Crippen molar-refractivity contribution in [1.82, 2.24) is 19.4 Å². The van der Waals surface area contributed by atoms with E-state index in [0.717, 1.165) is 24.8 Å². The van der Waals surface area contributed by atoms with E-state index in [0.29, 0.717) is 12.0 Å². The molecule has 2 aromatic rings. The van der Waals surface area contributed by atoms with Gasteiger partial charge in [0.1, 0.15) is 11.9 Å². The molecule has 1 aliphatic carbocycles. The van der Waals surface area contributed by atoms with Gasteiger partial charge in [0.05, 0.1) is 18.2 Å². The zero-order chi connectivity index (χ0) is 17.6. The molecule has 0 unspecified atom stereocenters. The van der Waals surface area contributed by atoms with Crippen molar-refractivity contribution in [3.63, 3.8) is 0 Å². The monoisotopic (exact) mass is 344 g/mol. The average molecular weight is 344 g/mol. The Kier molecular flexibility index (Phi) is 5.65. The lowest BCUT2D eigenvalue weighted by atomic mass is 9.99. The van der Waals surface area contributed by atoms with Gasteiger partial charge in [0.25, 0.3) is 6.47 Å². The highest BCUT2D eigenvalue weighted by Crippen LogP contribution is 2.40. The third-order valence-electron chi connectivity index (χ3n) is 5.09. The normalized spacial score (nSPS) is 25.1. The van der Waals surface area contributed by atoms with Crippen molar-refractivity contribution in [2.24, 2.45) is 18.9 Å². The Labute approximate surface area is 147 Å². The van der Waals surface area contributed by atoms with Gasteiger partial charge in [-0.15, -0.1) is 0 Å². The first-order chi connectivity index (χ1) is 12.2. The van der Waals surface area contributed by atoms with Gasteiger partial charge in [0, 0.05) is 45.0 Å². The summed E-state index contributed by atoms with van der Waals surface area (Å²) in [4.78, 5) is 19.3. The standard InChI is InChI=1S/C17H22N4O.CH2O2/c1-20-12-19-7-14(20)10-21-9-13-4-5-17(16(13)11-21)22-15-3-2-6-18-8-15;2-1-3/h2-3,6-8,12-13,16-17H,4-5,9-11H2,1H3;1H,(H,2,3)/t13-,16+,17-;/m1./s1. The lowest BCUT2D eigenvalue weighted by Crippen LogP contribution is -2.28. The molecule has 1 saturated heterocycles. The minimum absolute atomic E-state index is 0.250. The fourth-order valence-electron chi connectivity index (χ4n) is 3.94. The number of hydrogen-bond acceptors (Lipinski definition) is 5. The largest absolute Gasteiger partial charge is 0.488 e. The van der Waals surface area contributed by atoms with Crippen molar-refractivity contribution in [3.05, 3.63) is 42.7 Å². The number of imidazole rings is 1. The van der Waals surface area contributed by atoms with Crippen molar-refractivity contribution in [1.29, 1.82) is 0 Å². The van der Waals surface area contributed by atoms with Crippen LogP contribution in [-0.4, -0.2) is 50.2 Å². The molecule has 2 aromatic heterocycles. The minimum Gasteiger partial charge on any atom is -0.488 e. The Hall–Kier alpha value is -2.41. The summed E-state index contributed by atoms with van der Waals surface area (Å²) < 4.78 is 8.30. The zero-order valence-corrected chi connectivity index (χ0v) is 14.4. The van der Waals surface area contributed by atoms with Crippen molar-refractivity contribution in [2.75, 3.05) is 13.1 Å². The molecular weight excluding hydrogens is 320 g/mol. The predicted molar refractivity (Wildman–Crippen MR) is 92.0 cm³/mol. The average Bonchev–Trinajstić information content (AvgIpc) is 3.28. The Morgan fingerprint density at radius 3 is 2.84 bits per heavy atom. The summed E-state index contributed by atoms with van der Waals surface area (Å²) in [6.07, 6.45) is 10.2. The van der Waals surface area contributed by atoms with Crippen LogP contribution in [0.4, 0.5) is 0 Å². The number of pyridine rings is 1. The molecule has 134 valence electrons. The summed E-state index contributed by atoms with van der Waals surface area (Å²) >= 11 is 0.